The summed E-state index contributed by atoms with van der Waals surface area (Å²) < 4.78 is 7.28. The van der Waals surface area contributed by atoms with Gasteiger partial charge in [-0.15, -0.1) is 0 Å². The van der Waals surface area contributed by atoms with Crippen LogP contribution >= 0.6 is 0 Å². The standard InChI is InChI=1S/C16H22N4O2/c1-19(11-14-7-4-10-22-14)12-16(21)18-15-8-9-17-20(15)13-5-2-3-6-13/h4,7-10,13H,2-3,5-6,11-12H2,1H3,(H,18,21)/p+1. The topological polar surface area (TPSA) is 64.5 Å². The molecular weight excluding hydrogens is 280 g/mol. The summed E-state index contributed by atoms with van der Waals surface area (Å²) in [7, 11) is 1.98. The van der Waals surface area contributed by atoms with E-state index < -0.39 is 0 Å². The van der Waals surface area contributed by atoms with Crippen molar-refractivity contribution >= 4 is 11.7 Å². The Bertz CT molecular complexity index is 599. The molecule has 1 amide bonds. The first kappa shape index (κ1) is 14.8. The minimum absolute atomic E-state index is 0.00352. The van der Waals surface area contributed by atoms with E-state index in [1.807, 2.05) is 29.9 Å². The van der Waals surface area contributed by atoms with Crippen LogP contribution in [0.5, 0.6) is 0 Å². The number of aromatic nitrogens is 2. The van der Waals surface area contributed by atoms with E-state index in [1.54, 1.807) is 12.5 Å². The first-order valence-corrected chi connectivity index (χ1v) is 7.89. The van der Waals surface area contributed by atoms with E-state index in [2.05, 4.69) is 10.4 Å². The fourth-order valence-corrected chi connectivity index (χ4v) is 3.09. The Morgan fingerprint density at radius 3 is 3.00 bits per heavy atom. The highest BCUT2D eigenvalue weighted by molar-refractivity contribution is 5.90. The summed E-state index contributed by atoms with van der Waals surface area (Å²) in [5.41, 5.74) is 0. The average Bonchev–Trinajstić information content (AvgIpc) is 3.19. The molecule has 1 atom stereocenters. The zero-order valence-corrected chi connectivity index (χ0v) is 12.9. The molecule has 6 heteroatoms. The number of likely N-dealkylation sites (N-methyl/N-ethyl adjacent to an activating group) is 1. The maximum absolute atomic E-state index is 12.2. The predicted octanol–water partition coefficient (Wildman–Crippen LogP) is 1.24. The summed E-state index contributed by atoms with van der Waals surface area (Å²) in [6, 6.07) is 6.09. The molecule has 2 aromatic rings. The van der Waals surface area contributed by atoms with Gasteiger partial charge in [0.2, 0.25) is 0 Å². The molecule has 1 unspecified atom stereocenters. The van der Waals surface area contributed by atoms with Crippen molar-refractivity contribution in [2.45, 2.75) is 38.3 Å². The summed E-state index contributed by atoms with van der Waals surface area (Å²) in [5, 5.41) is 7.36. The fourth-order valence-electron chi connectivity index (χ4n) is 3.09. The summed E-state index contributed by atoms with van der Waals surface area (Å²) in [5.74, 6) is 1.70. The highest BCUT2D eigenvalue weighted by Crippen LogP contribution is 2.31. The maximum Gasteiger partial charge on any atom is 0.280 e. The van der Waals surface area contributed by atoms with Gasteiger partial charge in [0.15, 0.2) is 12.3 Å². The zero-order chi connectivity index (χ0) is 15.4. The number of quaternary nitrogens is 1. The summed E-state index contributed by atoms with van der Waals surface area (Å²) in [6.07, 6.45) is 8.19. The van der Waals surface area contributed by atoms with E-state index >= 15 is 0 Å². The molecule has 1 fully saturated rings. The van der Waals surface area contributed by atoms with Crippen LogP contribution in [0.15, 0.2) is 35.1 Å². The highest BCUT2D eigenvalue weighted by Gasteiger charge is 2.21. The van der Waals surface area contributed by atoms with Crippen molar-refractivity contribution in [1.29, 1.82) is 0 Å². The van der Waals surface area contributed by atoms with Gasteiger partial charge in [0.25, 0.3) is 5.91 Å². The second-order valence-electron chi connectivity index (χ2n) is 6.04. The molecule has 22 heavy (non-hydrogen) atoms. The molecule has 0 aliphatic heterocycles. The monoisotopic (exact) mass is 303 g/mol. The number of hydrogen-bond donors (Lipinski definition) is 2. The minimum Gasteiger partial charge on any atom is -0.463 e. The minimum atomic E-state index is 0.00352. The van der Waals surface area contributed by atoms with E-state index in [0.29, 0.717) is 19.1 Å². The Morgan fingerprint density at radius 2 is 2.27 bits per heavy atom. The van der Waals surface area contributed by atoms with E-state index in [0.717, 1.165) is 29.3 Å². The van der Waals surface area contributed by atoms with Gasteiger partial charge in [0.1, 0.15) is 12.4 Å². The van der Waals surface area contributed by atoms with Gasteiger partial charge in [-0.05, 0) is 25.0 Å². The summed E-state index contributed by atoms with van der Waals surface area (Å²) in [4.78, 5) is 13.3. The van der Waals surface area contributed by atoms with Crippen LogP contribution in [0.3, 0.4) is 0 Å². The maximum atomic E-state index is 12.2. The van der Waals surface area contributed by atoms with Crippen molar-refractivity contribution in [3.8, 4) is 0 Å². The van der Waals surface area contributed by atoms with Crippen LogP contribution in [-0.4, -0.2) is 29.3 Å². The third kappa shape index (κ3) is 3.57. The number of rotatable bonds is 6. The van der Waals surface area contributed by atoms with Crippen LogP contribution in [0.2, 0.25) is 0 Å². The van der Waals surface area contributed by atoms with E-state index in [4.69, 9.17) is 4.42 Å². The van der Waals surface area contributed by atoms with Crippen LogP contribution in [-0.2, 0) is 11.3 Å². The Labute approximate surface area is 130 Å². The van der Waals surface area contributed by atoms with Gasteiger partial charge in [-0.1, -0.05) is 12.8 Å². The number of carbonyl (C=O) groups is 1. The third-order valence-electron chi connectivity index (χ3n) is 4.13. The number of amides is 1. The van der Waals surface area contributed by atoms with E-state index in [9.17, 15) is 4.79 Å². The normalized spacial score (nSPS) is 16.8. The molecule has 6 nitrogen and oxygen atoms in total. The van der Waals surface area contributed by atoms with Crippen LogP contribution < -0.4 is 10.2 Å². The molecule has 1 aliphatic carbocycles. The van der Waals surface area contributed by atoms with Gasteiger partial charge in [0.05, 0.1) is 25.5 Å². The lowest BCUT2D eigenvalue weighted by Crippen LogP contribution is -3.08. The molecule has 0 aromatic carbocycles. The van der Waals surface area contributed by atoms with E-state index in [-0.39, 0.29) is 5.91 Å². The van der Waals surface area contributed by atoms with Gasteiger partial charge < -0.3 is 14.6 Å². The quantitative estimate of drug-likeness (QED) is 0.844. The molecule has 0 bridgehead atoms. The SMILES string of the molecule is C[NH+](CC(=O)Nc1ccnn1C1CCCC1)Cc1ccco1. The van der Waals surface area contributed by atoms with E-state index in [1.165, 1.54) is 12.8 Å². The van der Waals surface area contributed by atoms with Crippen LogP contribution in [0.4, 0.5) is 5.82 Å². The molecule has 1 aliphatic rings. The van der Waals surface area contributed by atoms with Crippen molar-refractivity contribution in [2.24, 2.45) is 0 Å². The Morgan fingerprint density at radius 1 is 1.45 bits per heavy atom. The molecule has 3 rings (SSSR count). The van der Waals surface area contributed by atoms with Crippen molar-refractivity contribution in [3.63, 3.8) is 0 Å². The van der Waals surface area contributed by atoms with Gasteiger partial charge >= 0.3 is 0 Å². The first-order valence-electron chi connectivity index (χ1n) is 7.89. The zero-order valence-electron chi connectivity index (χ0n) is 12.9. The number of anilines is 1. The Hall–Kier alpha value is -2.08. The molecule has 2 heterocycles. The third-order valence-corrected chi connectivity index (χ3v) is 4.13. The lowest BCUT2D eigenvalue weighted by molar-refractivity contribution is -0.886. The van der Waals surface area contributed by atoms with Crippen LogP contribution in [0, 0.1) is 0 Å². The van der Waals surface area contributed by atoms with Gasteiger partial charge in [-0.2, -0.15) is 5.10 Å². The number of nitrogens with zero attached hydrogens (tertiary/aromatic N) is 2. The number of furan rings is 1. The van der Waals surface area contributed by atoms with Gasteiger partial charge in [-0.3, -0.25) is 4.79 Å². The number of hydrogen-bond acceptors (Lipinski definition) is 3. The largest absolute Gasteiger partial charge is 0.463 e. The molecule has 0 radical (unpaired) electrons. The van der Waals surface area contributed by atoms with Crippen molar-refractivity contribution in [2.75, 3.05) is 18.9 Å². The van der Waals surface area contributed by atoms with Gasteiger partial charge in [0, 0.05) is 6.07 Å². The van der Waals surface area contributed by atoms with Crippen molar-refractivity contribution < 1.29 is 14.1 Å². The Kier molecular flexibility index (Phi) is 4.58. The van der Waals surface area contributed by atoms with Crippen molar-refractivity contribution in [1.82, 2.24) is 9.78 Å². The average molecular weight is 303 g/mol. The van der Waals surface area contributed by atoms with Crippen molar-refractivity contribution in [3.05, 3.63) is 36.4 Å². The molecule has 1 saturated carbocycles. The smallest absolute Gasteiger partial charge is 0.280 e. The Balaban J connectivity index is 1.54. The predicted molar refractivity (Wildman–Crippen MR) is 82.5 cm³/mol. The molecular formula is C16H23N4O2+. The fraction of sp³-hybridized carbons (Fsp3) is 0.500. The second kappa shape index (κ2) is 6.79. The first-order chi connectivity index (χ1) is 10.7. The van der Waals surface area contributed by atoms with Crippen LogP contribution in [0.25, 0.3) is 0 Å². The lowest BCUT2D eigenvalue weighted by Gasteiger charge is -2.16. The molecule has 0 spiro atoms. The highest BCUT2D eigenvalue weighted by atomic mass is 16.3. The molecule has 118 valence electrons. The summed E-state index contributed by atoms with van der Waals surface area (Å²) >= 11 is 0. The second-order valence-corrected chi connectivity index (χ2v) is 6.04. The lowest BCUT2D eigenvalue weighted by atomic mass is 10.2. The molecule has 2 aromatic heterocycles. The summed E-state index contributed by atoms with van der Waals surface area (Å²) in [6.45, 7) is 1.10. The molecule has 0 saturated heterocycles. The van der Waals surface area contributed by atoms with Crippen LogP contribution in [0.1, 0.15) is 37.5 Å². The number of nitrogens with one attached hydrogen (secondary N) is 2. The number of carbonyl (C=O) groups excluding carboxylic acids is 1. The van der Waals surface area contributed by atoms with Gasteiger partial charge in [-0.25, -0.2) is 4.68 Å². The molecule has 2 N–H and O–H groups in total.